The highest BCUT2D eigenvalue weighted by atomic mass is 16.2. The Labute approximate surface area is 100 Å². The summed E-state index contributed by atoms with van der Waals surface area (Å²) in [7, 11) is 0. The van der Waals surface area contributed by atoms with Gasteiger partial charge in [0.1, 0.15) is 0 Å². The molecule has 0 N–H and O–H groups in total. The van der Waals surface area contributed by atoms with Crippen molar-refractivity contribution in [3.63, 3.8) is 0 Å². The second kappa shape index (κ2) is 3.84. The summed E-state index contributed by atoms with van der Waals surface area (Å²) in [6.07, 6.45) is 0.985. The number of carbonyl (C=O) groups excluding carboxylic acids is 1. The number of pyridine rings is 1. The van der Waals surface area contributed by atoms with Crippen LogP contribution in [0.15, 0.2) is 30.3 Å². The third-order valence-corrected chi connectivity index (χ3v) is 3.15. The van der Waals surface area contributed by atoms with E-state index in [-0.39, 0.29) is 5.91 Å². The lowest BCUT2D eigenvalue weighted by Gasteiger charge is -2.12. The maximum atomic E-state index is 12.1. The van der Waals surface area contributed by atoms with Crippen molar-refractivity contribution >= 4 is 16.8 Å². The number of rotatable bonds is 2. The van der Waals surface area contributed by atoms with Gasteiger partial charge in [-0.15, -0.1) is 0 Å². The molecule has 1 aliphatic heterocycles. The third-order valence-electron chi connectivity index (χ3n) is 3.15. The molecular weight excluding hydrogens is 212 g/mol. The maximum absolute atomic E-state index is 12.1. The third kappa shape index (κ3) is 1.58. The second-order valence-corrected chi connectivity index (χ2v) is 4.40. The Morgan fingerprint density at radius 3 is 3.00 bits per heavy atom. The van der Waals surface area contributed by atoms with E-state index in [1.165, 1.54) is 0 Å². The zero-order valence-electron chi connectivity index (χ0n) is 9.81. The van der Waals surface area contributed by atoms with Crippen LogP contribution >= 0.6 is 0 Å². The molecule has 0 atom stereocenters. The first-order valence-corrected chi connectivity index (χ1v) is 5.97. The van der Waals surface area contributed by atoms with Gasteiger partial charge >= 0.3 is 0 Å². The molecule has 0 radical (unpaired) electrons. The molecule has 3 rings (SSSR count). The molecule has 2 aromatic rings. The van der Waals surface area contributed by atoms with Crippen molar-refractivity contribution in [1.82, 2.24) is 9.88 Å². The lowest BCUT2D eigenvalue weighted by molar-refractivity contribution is 0.0778. The lowest BCUT2D eigenvalue weighted by Crippen LogP contribution is -2.24. The number of carbonyl (C=O) groups is 1. The molecule has 1 amide bonds. The van der Waals surface area contributed by atoms with Gasteiger partial charge in [-0.2, -0.15) is 0 Å². The van der Waals surface area contributed by atoms with Crippen molar-refractivity contribution < 1.29 is 4.79 Å². The minimum absolute atomic E-state index is 0.125. The monoisotopic (exact) mass is 226 g/mol. The summed E-state index contributed by atoms with van der Waals surface area (Å²) >= 11 is 0. The Morgan fingerprint density at radius 2 is 2.18 bits per heavy atom. The van der Waals surface area contributed by atoms with Gasteiger partial charge in [-0.1, -0.05) is 25.1 Å². The number of fused-ring (bicyclic) bond motifs is 2. The van der Waals surface area contributed by atoms with E-state index >= 15 is 0 Å². The minimum Gasteiger partial charge on any atom is -0.333 e. The Balaban J connectivity index is 2.10. The molecule has 3 nitrogen and oxygen atoms in total. The number of hydrogen-bond donors (Lipinski definition) is 0. The average Bonchev–Trinajstić information content (AvgIpc) is 2.64. The van der Waals surface area contributed by atoms with Gasteiger partial charge in [-0.25, -0.2) is 0 Å². The molecule has 0 bridgehead atoms. The van der Waals surface area contributed by atoms with Crippen LogP contribution in [0, 0.1) is 0 Å². The Kier molecular flexibility index (Phi) is 2.32. The molecule has 17 heavy (non-hydrogen) atoms. The summed E-state index contributed by atoms with van der Waals surface area (Å²) in [6.45, 7) is 3.55. The minimum atomic E-state index is 0.125. The van der Waals surface area contributed by atoms with Gasteiger partial charge in [0.15, 0.2) is 0 Å². The molecule has 0 aliphatic carbocycles. The van der Waals surface area contributed by atoms with Crippen molar-refractivity contribution in [3.05, 3.63) is 41.6 Å². The smallest absolute Gasteiger partial charge is 0.256 e. The van der Waals surface area contributed by atoms with Crippen LogP contribution in [0.5, 0.6) is 0 Å². The summed E-state index contributed by atoms with van der Waals surface area (Å²) < 4.78 is 0. The van der Waals surface area contributed by atoms with E-state index in [1.54, 1.807) is 0 Å². The molecule has 3 heteroatoms. The highest BCUT2D eigenvalue weighted by molar-refractivity contribution is 6.00. The van der Waals surface area contributed by atoms with Gasteiger partial charge in [-0.05, 0) is 18.6 Å². The van der Waals surface area contributed by atoms with Gasteiger partial charge in [0.25, 0.3) is 5.91 Å². The van der Waals surface area contributed by atoms with Crippen LogP contribution in [0.4, 0.5) is 0 Å². The second-order valence-electron chi connectivity index (χ2n) is 4.40. The van der Waals surface area contributed by atoms with Crippen molar-refractivity contribution in [1.29, 1.82) is 0 Å². The molecule has 0 saturated heterocycles. The molecule has 0 unspecified atom stereocenters. The fourth-order valence-corrected chi connectivity index (χ4v) is 2.33. The molecule has 1 aromatic heterocycles. The molecule has 1 aliphatic rings. The van der Waals surface area contributed by atoms with E-state index in [0.717, 1.165) is 35.1 Å². The van der Waals surface area contributed by atoms with Crippen LogP contribution in [0.2, 0.25) is 0 Å². The standard InChI is InChI=1S/C14H14N2O/c1-2-7-16-9-13-11(14(16)17)8-10-5-3-4-6-12(10)15-13/h3-6,8H,2,7,9H2,1H3. The molecule has 1 aromatic carbocycles. The number of nitrogens with zero attached hydrogens (tertiary/aromatic N) is 2. The Hall–Kier alpha value is -1.90. The van der Waals surface area contributed by atoms with Gasteiger partial charge in [0, 0.05) is 11.9 Å². The van der Waals surface area contributed by atoms with Crippen LogP contribution in [-0.4, -0.2) is 22.3 Å². The molecule has 2 heterocycles. The normalized spacial score (nSPS) is 14.4. The van der Waals surface area contributed by atoms with E-state index < -0.39 is 0 Å². The van der Waals surface area contributed by atoms with Crippen molar-refractivity contribution in [2.75, 3.05) is 6.54 Å². The molecule has 0 spiro atoms. The highest BCUT2D eigenvalue weighted by Gasteiger charge is 2.28. The summed E-state index contributed by atoms with van der Waals surface area (Å²) in [5.74, 6) is 0.125. The van der Waals surface area contributed by atoms with Gasteiger partial charge in [0.05, 0.1) is 23.3 Å². The number of para-hydroxylation sites is 1. The quantitative estimate of drug-likeness (QED) is 0.788. The van der Waals surface area contributed by atoms with Gasteiger partial charge in [0.2, 0.25) is 0 Å². The summed E-state index contributed by atoms with van der Waals surface area (Å²) in [5, 5.41) is 1.04. The van der Waals surface area contributed by atoms with Gasteiger partial charge < -0.3 is 4.90 Å². The van der Waals surface area contributed by atoms with E-state index in [4.69, 9.17) is 0 Å². The van der Waals surface area contributed by atoms with Crippen LogP contribution in [-0.2, 0) is 6.54 Å². The summed E-state index contributed by atoms with van der Waals surface area (Å²) in [5.41, 5.74) is 2.66. The number of benzene rings is 1. The van der Waals surface area contributed by atoms with Crippen molar-refractivity contribution in [2.45, 2.75) is 19.9 Å². The Morgan fingerprint density at radius 1 is 1.35 bits per heavy atom. The zero-order chi connectivity index (χ0) is 11.8. The Bertz CT molecular complexity index is 592. The van der Waals surface area contributed by atoms with Crippen LogP contribution in [0.1, 0.15) is 29.4 Å². The first-order chi connectivity index (χ1) is 8.29. The highest BCUT2D eigenvalue weighted by Crippen LogP contribution is 2.25. The predicted molar refractivity (Wildman–Crippen MR) is 66.8 cm³/mol. The fourth-order valence-electron chi connectivity index (χ4n) is 2.33. The first-order valence-electron chi connectivity index (χ1n) is 5.97. The topological polar surface area (TPSA) is 33.2 Å². The van der Waals surface area contributed by atoms with E-state index in [1.807, 2.05) is 35.2 Å². The largest absolute Gasteiger partial charge is 0.333 e. The molecule has 0 saturated carbocycles. The molecule has 0 fully saturated rings. The lowest BCUT2D eigenvalue weighted by atomic mass is 10.1. The summed E-state index contributed by atoms with van der Waals surface area (Å²) in [4.78, 5) is 18.6. The van der Waals surface area contributed by atoms with Gasteiger partial charge in [-0.3, -0.25) is 9.78 Å². The van der Waals surface area contributed by atoms with Crippen LogP contribution in [0.3, 0.4) is 0 Å². The SMILES string of the molecule is CCCN1Cc2nc3ccccc3cc2C1=O. The number of hydrogen-bond acceptors (Lipinski definition) is 2. The van der Waals surface area contributed by atoms with Crippen molar-refractivity contribution in [3.8, 4) is 0 Å². The average molecular weight is 226 g/mol. The fraction of sp³-hybridized carbons (Fsp3) is 0.286. The zero-order valence-corrected chi connectivity index (χ0v) is 9.81. The van der Waals surface area contributed by atoms with E-state index in [0.29, 0.717) is 6.54 Å². The maximum Gasteiger partial charge on any atom is 0.256 e. The van der Waals surface area contributed by atoms with E-state index in [2.05, 4.69) is 11.9 Å². The van der Waals surface area contributed by atoms with Crippen molar-refractivity contribution in [2.24, 2.45) is 0 Å². The molecular formula is C14H14N2O. The first kappa shape index (κ1) is 10.3. The van der Waals surface area contributed by atoms with Crippen LogP contribution in [0.25, 0.3) is 10.9 Å². The van der Waals surface area contributed by atoms with E-state index in [9.17, 15) is 4.79 Å². The predicted octanol–water partition coefficient (Wildman–Crippen LogP) is 2.60. The summed E-state index contributed by atoms with van der Waals surface area (Å²) in [6, 6.07) is 9.90. The number of amides is 1. The van der Waals surface area contributed by atoms with Crippen LogP contribution < -0.4 is 0 Å². The number of aromatic nitrogens is 1. The molecule has 86 valence electrons.